The second kappa shape index (κ2) is 5.63. The predicted octanol–water partition coefficient (Wildman–Crippen LogP) is 3.63. The highest BCUT2D eigenvalue weighted by atomic mass is 19.1. The Morgan fingerprint density at radius 2 is 2.06 bits per heavy atom. The molecule has 1 N–H and O–H groups in total. The van der Waals surface area contributed by atoms with Crippen LogP contribution in [0, 0.1) is 5.92 Å². The lowest BCUT2D eigenvalue weighted by atomic mass is 10.00. The van der Waals surface area contributed by atoms with Crippen LogP contribution in [0.1, 0.15) is 18.9 Å². The maximum Gasteiger partial charge on any atom is 0.119 e. The van der Waals surface area contributed by atoms with Crippen LogP contribution in [0.4, 0.5) is 4.39 Å². The van der Waals surface area contributed by atoms with E-state index < -0.39 is 0 Å². The van der Waals surface area contributed by atoms with Crippen molar-refractivity contribution >= 4 is 6.21 Å². The van der Waals surface area contributed by atoms with Crippen molar-refractivity contribution in [1.82, 2.24) is 0 Å². The molecule has 0 fully saturated rings. The van der Waals surface area contributed by atoms with E-state index in [0.29, 0.717) is 6.42 Å². The Labute approximate surface area is 106 Å². The van der Waals surface area contributed by atoms with Gasteiger partial charge in [0.15, 0.2) is 0 Å². The van der Waals surface area contributed by atoms with E-state index in [9.17, 15) is 9.50 Å². The van der Waals surface area contributed by atoms with E-state index in [4.69, 9.17) is 0 Å². The molecule has 0 saturated heterocycles. The quantitative estimate of drug-likeness (QED) is 0.793. The van der Waals surface area contributed by atoms with Crippen LogP contribution in [0.3, 0.4) is 0 Å². The van der Waals surface area contributed by atoms with E-state index in [2.05, 4.69) is 11.9 Å². The molecule has 0 amide bonds. The SMILES string of the molecule is CC1CC=C(F)C=CC1N=Cc1ccc(O)cc1. The fraction of sp³-hybridized carbons (Fsp3) is 0.267. The summed E-state index contributed by atoms with van der Waals surface area (Å²) in [5, 5.41) is 9.18. The Balaban J connectivity index is 2.09. The van der Waals surface area contributed by atoms with E-state index in [1.165, 1.54) is 6.08 Å². The summed E-state index contributed by atoms with van der Waals surface area (Å²) in [5.74, 6) is 0.327. The molecule has 0 radical (unpaired) electrons. The van der Waals surface area contributed by atoms with Crippen LogP contribution in [-0.4, -0.2) is 17.4 Å². The summed E-state index contributed by atoms with van der Waals surface area (Å²) in [6.45, 7) is 2.05. The summed E-state index contributed by atoms with van der Waals surface area (Å²) in [6, 6.07) is 6.82. The molecule has 2 nitrogen and oxygen atoms in total. The van der Waals surface area contributed by atoms with Gasteiger partial charge in [0.05, 0.1) is 6.04 Å². The molecule has 0 spiro atoms. The number of hydrogen-bond acceptors (Lipinski definition) is 2. The lowest BCUT2D eigenvalue weighted by Gasteiger charge is -2.13. The minimum absolute atomic E-state index is 0.0108. The number of phenols is 1. The maximum absolute atomic E-state index is 13.1. The fourth-order valence-corrected chi connectivity index (χ4v) is 1.82. The van der Waals surface area contributed by atoms with Crippen molar-refractivity contribution in [2.24, 2.45) is 10.9 Å². The van der Waals surface area contributed by atoms with Gasteiger partial charge in [0, 0.05) is 6.21 Å². The van der Waals surface area contributed by atoms with E-state index in [1.54, 1.807) is 42.6 Å². The second-order valence-electron chi connectivity index (χ2n) is 4.52. The van der Waals surface area contributed by atoms with Gasteiger partial charge >= 0.3 is 0 Å². The van der Waals surface area contributed by atoms with Gasteiger partial charge in [0.25, 0.3) is 0 Å². The Morgan fingerprint density at radius 1 is 1.33 bits per heavy atom. The molecule has 1 aromatic carbocycles. The molecule has 0 bridgehead atoms. The van der Waals surface area contributed by atoms with Crippen LogP contribution in [0.2, 0.25) is 0 Å². The molecule has 2 rings (SSSR count). The molecule has 3 heteroatoms. The molecule has 2 atom stereocenters. The van der Waals surface area contributed by atoms with Crippen LogP contribution in [0.25, 0.3) is 0 Å². The molecule has 1 aliphatic carbocycles. The number of aliphatic imine (C=N–C) groups is 1. The highest BCUT2D eigenvalue weighted by molar-refractivity contribution is 5.80. The minimum Gasteiger partial charge on any atom is -0.508 e. The van der Waals surface area contributed by atoms with E-state index in [0.717, 1.165) is 5.56 Å². The normalized spacial score (nSPS) is 24.0. The first-order valence-corrected chi connectivity index (χ1v) is 6.01. The number of hydrogen-bond donors (Lipinski definition) is 1. The van der Waals surface area contributed by atoms with Gasteiger partial charge in [0.1, 0.15) is 11.6 Å². The lowest BCUT2D eigenvalue weighted by Crippen LogP contribution is -2.11. The monoisotopic (exact) mass is 245 g/mol. The molecule has 0 aromatic heterocycles. The Bertz CT molecular complexity index is 488. The van der Waals surface area contributed by atoms with Gasteiger partial charge in [-0.25, -0.2) is 4.39 Å². The van der Waals surface area contributed by atoms with Gasteiger partial charge in [-0.2, -0.15) is 0 Å². The van der Waals surface area contributed by atoms with Gasteiger partial charge in [-0.15, -0.1) is 0 Å². The molecule has 1 aliphatic rings. The van der Waals surface area contributed by atoms with E-state index in [1.807, 2.05) is 0 Å². The Morgan fingerprint density at radius 3 is 2.78 bits per heavy atom. The molecule has 2 unspecified atom stereocenters. The molecular weight excluding hydrogens is 229 g/mol. The molecule has 0 aliphatic heterocycles. The van der Waals surface area contributed by atoms with Crippen molar-refractivity contribution in [3.8, 4) is 5.75 Å². The van der Waals surface area contributed by atoms with Gasteiger partial charge in [0.2, 0.25) is 0 Å². The topological polar surface area (TPSA) is 32.6 Å². The lowest BCUT2D eigenvalue weighted by molar-refractivity contribution is 0.475. The van der Waals surface area contributed by atoms with Crippen molar-refractivity contribution in [3.05, 3.63) is 53.9 Å². The number of rotatable bonds is 2. The number of halogens is 1. The standard InChI is InChI=1S/C15H16FNO/c1-11-2-5-13(16)6-9-15(11)17-10-12-3-7-14(18)8-4-12/h3-11,15,18H,2H2,1H3. The summed E-state index contributed by atoms with van der Waals surface area (Å²) >= 11 is 0. The van der Waals surface area contributed by atoms with Crippen LogP contribution < -0.4 is 0 Å². The van der Waals surface area contributed by atoms with Crippen molar-refractivity contribution in [1.29, 1.82) is 0 Å². The van der Waals surface area contributed by atoms with Crippen molar-refractivity contribution in [2.75, 3.05) is 0 Å². The number of phenolic OH excluding ortho intramolecular Hbond substituents is 1. The third kappa shape index (κ3) is 3.29. The van der Waals surface area contributed by atoms with Crippen molar-refractivity contribution in [3.63, 3.8) is 0 Å². The van der Waals surface area contributed by atoms with Crippen LogP contribution in [0.15, 0.2) is 53.3 Å². The molecular formula is C15H16FNO. The van der Waals surface area contributed by atoms with Crippen LogP contribution in [-0.2, 0) is 0 Å². The zero-order valence-electron chi connectivity index (χ0n) is 10.3. The molecule has 94 valence electrons. The van der Waals surface area contributed by atoms with Gasteiger partial charge in [-0.3, -0.25) is 4.99 Å². The average molecular weight is 245 g/mol. The van der Waals surface area contributed by atoms with Crippen molar-refractivity contribution < 1.29 is 9.50 Å². The summed E-state index contributed by atoms with van der Waals surface area (Å²) in [4.78, 5) is 4.47. The highest BCUT2D eigenvalue weighted by Crippen LogP contribution is 2.20. The van der Waals surface area contributed by atoms with Crippen molar-refractivity contribution in [2.45, 2.75) is 19.4 Å². The number of allylic oxidation sites excluding steroid dienone is 3. The Kier molecular flexibility index (Phi) is 3.92. The molecule has 1 aromatic rings. The minimum atomic E-state index is -0.191. The number of aromatic hydroxyl groups is 1. The van der Waals surface area contributed by atoms with E-state index in [-0.39, 0.29) is 23.5 Å². The van der Waals surface area contributed by atoms with Gasteiger partial charge < -0.3 is 5.11 Å². The van der Waals surface area contributed by atoms with Gasteiger partial charge in [-0.1, -0.05) is 13.0 Å². The van der Waals surface area contributed by atoms with Crippen LogP contribution >= 0.6 is 0 Å². The smallest absolute Gasteiger partial charge is 0.119 e. The van der Waals surface area contributed by atoms with E-state index >= 15 is 0 Å². The Hall–Kier alpha value is -1.90. The predicted molar refractivity (Wildman–Crippen MR) is 71.6 cm³/mol. The first-order chi connectivity index (χ1) is 8.65. The first kappa shape index (κ1) is 12.6. The van der Waals surface area contributed by atoms with Gasteiger partial charge in [-0.05, 0) is 54.3 Å². The highest BCUT2D eigenvalue weighted by Gasteiger charge is 2.14. The number of benzene rings is 1. The third-order valence-corrected chi connectivity index (χ3v) is 3.01. The summed E-state index contributed by atoms with van der Waals surface area (Å²) in [6.07, 6.45) is 7.31. The largest absolute Gasteiger partial charge is 0.508 e. The average Bonchev–Trinajstić information content (AvgIpc) is 2.52. The molecule has 0 saturated carbocycles. The first-order valence-electron chi connectivity index (χ1n) is 6.01. The second-order valence-corrected chi connectivity index (χ2v) is 4.52. The summed E-state index contributed by atoms with van der Waals surface area (Å²) in [7, 11) is 0. The zero-order valence-corrected chi connectivity index (χ0v) is 10.3. The molecule has 18 heavy (non-hydrogen) atoms. The maximum atomic E-state index is 13.1. The summed E-state index contributed by atoms with van der Waals surface area (Å²) in [5.41, 5.74) is 0.922. The number of nitrogens with zero attached hydrogens (tertiary/aromatic N) is 1. The summed E-state index contributed by atoms with van der Waals surface area (Å²) < 4.78 is 13.1. The van der Waals surface area contributed by atoms with Crippen LogP contribution in [0.5, 0.6) is 5.75 Å². The zero-order chi connectivity index (χ0) is 13.0. The molecule has 0 heterocycles. The fourth-order valence-electron chi connectivity index (χ4n) is 1.82. The third-order valence-electron chi connectivity index (χ3n) is 3.01.